The third-order valence-corrected chi connectivity index (χ3v) is 3.81. The van der Waals surface area contributed by atoms with Crippen LogP contribution in [-0.4, -0.2) is 39.2 Å². The van der Waals surface area contributed by atoms with Crippen LogP contribution in [0, 0.1) is 0 Å². The molecule has 0 radical (unpaired) electrons. The van der Waals surface area contributed by atoms with Crippen molar-refractivity contribution < 1.29 is 12.8 Å². The predicted molar refractivity (Wildman–Crippen MR) is 59.5 cm³/mol. The van der Waals surface area contributed by atoms with Gasteiger partial charge in [-0.1, -0.05) is 6.42 Å². The van der Waals surface area contributed by atoms with Gasteiger partial charge in [0.1, 0.15) is 16.0 Å². The Morgan fingerprint density at radius 3 is 2.73 bits per heavy atom. The van der Waals surface area contributed by atoms with Crippen molar-refractivity contribution in [1.29, 1.82) is 0 Å². The van der Waals surface area contributed by atoms with E-state index in [1.54, 1.807) is 0 Å². The summed E-state index contributed by atoms with van der Waals surface area (Å²) in [5.74, 6) is 0.0974. The lowest BCUT2D eigenvalue weighted by atomic mass is 9.98. The Morgan fingerprint density at radius 2 is 2.20 bits per heavy atom. The predicted octanol–water partition coefficient (Wildman–Crippen LogP) is 1.29. The molecule has 0 aromatic carbocycles. The number of sulfone groups is 1. The van der Waals surface area contributed by atoms with Crippen LogP contribution in [-0.2, 0) is 9.84 Å². The second-order valence-corrected chi connectivity index (χ2v) is 6.60. The highest BCUT2D eigenvalue weighted by Crippen LogP contribution is 2.16. The molecule has 1 aliphatic heterocycles. The molecule has 0 amide bonds. The maximum atomic E-state index is 13.6. The molecule has 1 N–H and O–H groups in total. The molecule has 1 saturated heterocycles. The highest BCUT2D eigenvalue weighted by Gasteiger charge is 2.22. The van der Waals surface area contributed by atoms with Crippen LogP contribution in [0.15, 0.2) is 0 Å². The van der Waals surface area contributed by atoms with Crippen molar-refractivity contribution in [3.8, 4) is 0 Å². The smallest absolute Gasteiger partial charge is 0.147 e. The lowest BCUT2D eigenvalue weighted by Gasteiger charge is -2.26. The highest BCUT2D eigenvalue weighted by molar-refractivity contribution is 7.90. The van der Waals surface area contributed by atoms with Crippen molar-refractivity contribution in [3.05, 3.63) is 0 Å². The van der Waals surface area contributed by atoms with E-state index in [2.05, 4.69) is 5.32 Å². The number of nitrogens with one attached hydrogen (secondary N) is 1. The standard InChI is InChI=1S/C10H20FNO2S/c1-15(13,14)8-4-5-9(11)10-6-2-3-7-12-10/h9-10,12H,2-8H2,1H3. The quantitative estimate of drug-likeness (QED) is 0.784. The van der Waals surface area contributed by atoms with Gasteiger partial charge in [0.15, 0.2) is 0 Å². The number of alkyl halides is 1. The minimum atomic E-state index is -2.94. The van der Waals surface area contributed by atoms with Gasteiger partial charge in [-0.2, -0.15) is 0 Å². The molecule has 0 aromatic heterocycles. The van der Waals surface area contributed by atoms with Gasteiger partial charge in [0.2, 0.25) is 0 Å². The fourth-order valence-electron chi connectivity index (χ4n) is 1.93. The van der Waals surface area contributed by atoms with Gasteiger partial charge >= 0.3 is 0 Å². The Balaban J connectivity index is 2.20. The van der Waals surface area contributed by atoms with E-state index in [4.69, 9.17) is 0 Å². The lowest BCUT2D eigenvalue weighted by molar-refractivity contribution is 0.206. The zero-order valence-corrected chi connectivity index (χ0v) is 10.0. The summed E-state index contributed by atoms with van der Waals surface area (Å²) in [6, 6.07) is -0.0571. The van der Waals surface area contributed by atoms with Crippen LogP contribution in [0.1, 0.15) is 32.1 Å². The Morgan fingerprint density at radius 1 is 1.47 bits per heavy atom. The lowest BCUT2D eigenvalue weighted by Crippen LogP contribution is -2.41. The number of halogens is 1. The first kappa shape index (κ1) is 12.9. The van der Waals surface area contributed by atoms with Crippen molar-refractivity contribution in [2.24, 2.45) is 0 Å². The molecular formula is C10H20FNO2S. The zero-order chi connectivity index (χ0) is 11.3. The first-order valence-corrected chi connectivity index (χ1v) is 7.60. The van der Waals surface area contributed by atoms with E-state index in [-0.39, 0.29) is 11.8 Å². The Hall–Kier alpha value is -0.160. The first-order valence-electron chi connectivity index (χ1n) is 5.54. The van der Waals surface area contributed by atoms with E-state index < -0.39 is 16.0 Å². The summed E-state index contributed by atoms with van der Waals surface area (Å²) in [5.41, 5.74) is 0. The average molecular weight is 237 g/mol. The van der Waals surface area contributed by atoms with Gasteiger partial charge < -0.3 is 5.32 Å². The van der Waals surface area contributed by atoms with E-state index in [9.17, 15) is 12.8 Å². The second-order valence-electron chi connectivity index (χ2n) is 4.34. The van der Waals surface area contributed by atoms with Gasteiger partial charge in [0.05, 0.1) is 0 Å². The minimum absolute atomic E-state index is 0.0571. The van der Waals surface area contributed by atoms with Gasteiger partial charge in [0, 0.05) is 18.1 Å². The molecule has 3 nitrogen and oxygen atoms in total. The SMILES string of the molecule is CS(=O)(=O)CCCC(F)C1CCCCN1. The summed E-state index contributed by atoms with van der Waals surface area (Å²) in [7, 11) is -2.94. The van der Waals surface area contributed by atoms with Gasteiger partial charge in [-0.25, -0.2) is 12.8 Å². The van der Waals surface area contributed by atoms with Crippen molar-refractivity contribution >= 4 is 9.84 Å². The molecule has 0 bridgehead atoms. The summed E-state index contributed by atoms with van der Waals surface area (Å²) in [6.07, 6.45) is 4.14. The van der Waals surface area contributed by atoms with Crippen LogP contribution in [0.2, 0.25) is 0 Å². The molecular weight excluding hydrogens is 217 g/mol. The van der Waals surface area contributed by atoms with Gasteiger partial charge in [-0.15, -0.1) is 0 Å². The Labute approximate surface area is 91.4 Å². The summed E-state index contributed by atoms with van der Waals surface area (Å²) in [4.78, 5) is 0. The van der Waals surface area contributed by atoms with E-state index in [1.165, 1.54) is 6.26 Å². The molecule has 0 aromatic rings. The maximum absolute atomic E-state index is 13.6. The van der Waals surface area contributed by atoms with Gasteiger partial charge in [-0.05, 0) is 32.2 Å². The van der Waals surface area contributed by atoms with Crippen molar-refractivity contribution in [2.45, 2.75) is 44.3 Å². The zero-order valence-electron chi connectivity index (χ0n) is 9.21. The van der Waals surface area contributed by atoms with Crippen LogP contribution in [0.3, 0.4) is 0 Å². The number of hydrogen-bond donors (Lipinski definition) is 1. The highest BCUT2D eigenvalue weighted by atomic mass is 32.2. The minimum Gasteiger partial charge on any atom is -0.311 e. The van der Waals surface area contributed by atoms with E-state index in [0.29, 0.717) is 12.8 Å². The molecule has 1 aliphatic rings. The first-order chi connectivity index (χ1) is 6.99. The van der Waals surface area contributed by atoms with Crippen LogP contribution in [0.4, 0.5) is 4.39 Å². The molecule has 2 atom stereocenters. The Bertz CT molecular complexity index is 273. The molecule has 0 aliphatic carbocycles. The second kappa shape index (κ2) is 5.80. The molecule has 15 heavy (non-hydrogen) atoms. The normalized spacial score (nSPS) is 25.1. The largest absolute Gasteiger partial charge is 0.311 e. The van der Waals surface area contributed by atoms with Gasteiger partial charge in [-0.3, -0.25) is 0 Å². The fourth-order valence-corrected chi connectivity index (χ4v) is 2.62. The molecule has 1 rings (SSSR count). The third-order valence-electron chi connectivity index (χ3n) is 2.78. The molecule has 2 unspecified atom stereocenters. The van der Waals surface area contributed by atoms with E-state index >= 15 is 0 Å². The topological polar surface area (TPSA) is 46.2 Å². The Kier molecular flexibility index (Phi) is 4.99. The van der Waals surface area contributed by atoms with Gasteiger partial charge in [0.25, 0.3) is 0 Å². The van der Waals surface area contributed by atoms with Crippen LogP contribution >= 0.6 is 0 Å². The third kappa shape index (κ3) is 5.47. The van der Waals surface area contributed by atoms with Crippen molar-refractivity contribution in [2.75, 3.05) is 18.6 Å². The molecule has 90 valence electrons. The van der Waals surface area contributed by atoms with Crippen LogP contribution < -0.4 is 5.32 Å². The monoisotopic (exact) mass is 237 g/mol. The maximum Gasteiger partial charge on any atom is 0.147 e. The summed E-state index contributed by atoms with van der Waals surface area (Å²) in [5, 5.41) is 3.14. The number of piperidine rings is 1. The molecule has 5 heteroatoms. The van der Waals surface area contributed by atoms with Crippen molar-refractivity contribution in [3.63, 3.8) is 0 Å². The average Bonchev–Trinajstić information content (AvgIpc) is 2.17. The summed E-state index contributed by atoms with van der Waals surface area (Å²) in [6.45, 7) is 0.886. The van der Waals surface area contributed by atoms with E-state index in [0.717, 1.165) is 25.8 Å². The molecule has 0 saturated carbocycles. The molecule has 1 heterocycles. The van der Waals surface area contributed by atoms with Crippen molar-refractivity contribution in [1.82, 2.24) is 5.32 Å². The summed E-state index contributed by atoms with van der Waals surface area (Å²) < 4.78 is 35.3. The molecule has 1 fully saturated rings. The summed E-state index contributed by atoms with van der Waals surface area (Å²) >= 11 is 0. The van der Waals surface area contributed by atoms with Crippen LogP contribution in [0.25, 0.3) is 0 Å². The molecule has 0 spiro atoms. The number of rotatable bonds is 5. The van der Waals surface area contributed by atoms with Crippen LogP contribution in [0.5, 0.6) is 0 Å². The number of hydrogen-bond acceptors (Lipinski definition) is 3. The van der Waals surface area contributed by atoms with E-state index in [1.807, 2.05) is 0 Å². The fraction of sp³-hybridized carbons (Fsp3) is 1.00.